The number of rotatable bonds is 10. The quantitative estimate of drug-likeness (QED) is 0.373. The zero-order valence-corrected chi connectivity index (χ0v) is 21.8. The predicted octanol–water partition coefficient (Wildman–Crippen LogP) is 1.16. The lowest BCUT2D eigenvalue weighted by Crippen LogP contribution is -2.52. The number of nitrogens with one attached hydrogen (secondary N) is 3. The third-order valence-corrected chi connectivity index (χ3v) is 7.04. The summed E-state index contributed by atoms with van der Waals surface area (Å²) < 4.78 is 5.73. The Kier molecular flexibility index (Phi) is 8.57. The lowest BCUT2D eigenvalue weighted by atomic mass is 9.89. The van der Waals surface area contributed by atoms with E-state index in [1.54, 1.807) is 25.7 Å². The van der Waals surface area contributed by atoms with Gasteiger partial charge in [-0.3, -0.25) is 19.8 Å². The molecule has 2 unspecified atom stereocenters. The zero-order chi connectivity index (χ0) is 26.4. The number of aromatic amines is 1. The molecule has 1 amide bonds. The maximum Gasteiger partial charge on any atom is 0.273 e. The van der Waals surface area contributed by atoms with Crippen LogP contribution in [0.15, 0.2) is 34.2 Å². The molecular formula is C26H37N7O4. The van der Waals surface area contributed by atoms with Gasteiger partial charge in [0.25, 0.3) is 11.5 Å². The van der Waals surface area contributed by atoms with Crippen molar-refractivity contribution in [1.29, 1.82) is 0 Å². The van der Waals surface area contributed by atoms with Crippen molar-refractivity contribution < 1.29 is 14.6 Å². The molecule has 11 nitrogen and oxygen atoms in total. The lowest BCUT2D eigenvalue weighted by Gasteiger charge is -2.37. The molecule has 2 atom stereocenters. The fourth-order valence-corrected chi connectivity index (χ4v) is 5.20. The van der Waals surface area contributed by atoms with Crippen molar-refractivity contribution in [1.82, 2.24) is 25.3 Å². The van der Waals surface area contributed by atoms with E-state index in [4.69, 9.17) is 14.8 Å². The number of aliphatic hydroxyl groups is 1. The average molecular weight is 512 g/mol. The molecule has 3 heterocycles. The topological polar surface area (TPSA) is 135 Å². The van der Waals surface area contributed by atoms with E-state index in [1.165, 1.54) is 0 Å². The van der Waals surface area contributed by atoms with Crippen LogP contribution < -0.4 is 20.9 Å². The van der Waals surface area contributed by atoms with E-state index in [0.29, 0.717) is 48.6 Å². The van der Waals surface area contributed by atoms with Gasteiger partial charge in [0.2, 0.25) is 0 Å². The van der Waals surface area contributed by atoms with Gasteiger partial charge >= 0.3 is 0 Å². The molecule has 1 aromatic carbocycles. The summed E-state index contributed by atoms with van der Waals surface area (Å²) in [5.74, 6) is 0.514. The Morgan fingerprint density at radius 3 is 2.78 bits per heavy atom. The number of carbonyl (C=O) groups excluding carboxylic acids is 1. The number of β-amino-alcohol motifs (C(OH)–C–C–N with tert-alkyl or cyclic N) is 1. The van der Waals surface area contributed by atoms with Crippen molar-refractivity contribution in [3.05, 3.63) is 51.4 Å². The summed E-state index contributed by atoms with van der Waals surface area (Å²) in [5.41, 5.74) is 1.09. The van der Waals surface area contributed by atoms with E-state index < -0.39 is 5.66 Å². The molecule has 0 saturated carbocycles. The molecule has 1 fully saturated rings. The number of hydrogen-bond donors (Lipinski definition) is 4. The minimum absolute atomic E-state index is 0.0503. The highest BCUT2D eigenvalue weighted by Crippen LogP contribution is 2.36. The van der Waals surface area contributed by atoms with Gasteiger partial charge in [-0.15, -0.1) is 0 Å². The molecule has 2 aliphatic heterocycles. The van der Waals surface area contributed by atoms with Gasteiger partial charge in [0.15, 0.2) is 0 Å². The van der Waals surface area contributed by atoms with Gasteiger partial charge in [0.05, 0.1) is 37.5 Å². The van der Waals surface area contributed by atoms with Crippen molar-refractivity contribution in [3.8, 4) is 5.75 Å². The number of nitrogens with zero attached hydrogens (tertiary/aromatic N) is 4. The lowest BCUT2D eigenvalue weighted by molar-refractivity contribution is 0.0614. The standard InChI is InChI=1S/C26H37N7O4/c1-4-5-18(2)30-26(23-21(27-17-28-26)16-29-31-24(23)35)15-20-7-6-19(14-22(20)37-3)25(36)33-10-8-32(9-11-33)12-13-34/h6-7,14,16-18,30,34H,4-5,8-13,15H2,1-3H3,(H,27,28)(H,31,35). The first-order valence-electron chi connectivity index (χ1n) is 12.9. The molecule has 0 aliphatic carbocycles. The second-order valence-electron chi connectivity index (χ2n) is 9.65. The third-order valence-electron chi connectivity index (χ3n) is 7.04. The molecule has 2 aliphatic rings. The van der Waals surface area contributed by atoms with E-state index in [2.05, 4.69) is 39.6 Å². The summed E-state index contributed by atoms with van der Waals surface area (Å²) in [6, 6.07) is 5.56. The Balaban J connectivity index is 1.63. The predicted molar refractivity (Wildman–Crippen MR) is 142 cm³/mol. The van der Waals surface area contributed by atoms with E-state index in [1.807, 2.05) is 17.0 Å². The Bertz CT molecular complexity index is 1180. The number of piperazine rings is 1. The smallest absolute Gasteiger partial charge is 0.273 e. The molecule has 37 heavy (non-hydrogen) atoms. The fourth-order valence-electron chi connectivity index (χ4n) is 5.20. The van der Waals surface area contributed by atoms with Gasteiger partial charge in [-0.1, -0.05) is 19.4 Å². The second-order valence-corrected chi connectivity index (χ2v) is 9.65. The first-order valence-corrected chi connectivity index (χ1v) is 12.9. The van der Waals surface area contributed by atoms with Gasteiger partial charge in [-0.05, 0) is 31.0 Å². The number of amides is 1. The van der Waals surface area contributed by atoms with E-state index >= 15 is 0 Å². The monoisotopic (exact) mass is 511 g/mol. The van der Waals surface area contributed by atoms with Crippen molar-refractivity contribution in [2.75, 3.05) is 51.8 Å². The van der Waals surface area contributed by atoms with Crippen LogP contribution in [0, 0.1) is 0 Å². The third kappa shape index (κ3) is 5.84. The van der Waals surface area contributed by atoms with Crippen LogP contribution >= 0.6 is 0 Å². The molecule has 0 spiro atoms. The van der Waals surface area contributed by atoms with E-state index in [0.717, 1.165) is 31.5 Å². The van der Waals surface area contributed by atoms with Gasteiger partial charge in [0, 0.05) is 50.7 Å². The number of fused-ring (bicyclic) bond motifs is 1. The molecule has 4 N–H and O–H groups in total. The molecular weight excluding hydrogens is 474 g/mol. The van der Waals surface area contributed by atoms with Crippen LogP contribution in [0.2, 0.25) is 0 Å². The van der Waals surface area contributed by atoms with Crippen molar-refractivity contribution in [3.63, 3.8) is 0 Å². The fraction of sp³-hybridized carbons (Fsp3) is 0.538. The average Bonchev–Trinajstić information content (AvgIpc) is 2.89. The number of methoxy groups -OCH3 is 1. The first-order chi connectivity index (χ1) is 17.9. The molecule has 0 bridgehead atoms. The summed E-state index contributed by atoms with van der Waals surface area (Å²) in [6.07, 6.45) is 5.42. The largest absolute Gasteiger partial charge is 0.496 e. The highest BCUT2D eigenvalue weighted by atomic mass is 16.5. The molecule has 1 saturated heterocycles. The number of hydrogen-bond acceptors (Lipinski definition) is 9. The van der Waals surface area contributed by atoms with Gasteiger partial charge in [0.1, 0.15) is 11.4 Å². The highest BCUT2D eigenvalue weighted by molar-refractivity contribution is 5.95. The Labute approximate surface area is 216 Å². The number of H-pyrrole nitrogens is 1. The summed E-state index contributed by atoms with van der Waals surface area (Å²) >= 11 is 0. The molecule has 200 valence electrons. The number of aliphatic hydroxyl groups excluding tert-OH is 1. The van der Waals surface area contributed by atoms with Crippen LogP contribution in [0.25, 0.3) is 0 Å². The van der Waals surface area contributed by atoms with Crippen LogP contribution in [0.5, 0.6) is 5.75 Å². The Morgan fingerprint density at radius 1 is 1.30 bits per heavy atom. The molecule has 11 heteroatoms. The van der Waals surface area contributed by atoms with Gasteiger partial charge < -0.3 is 20.1 Å². The van der Waals surface area contributed by atoms with E-state index in [-0.39, 0.29) is 24.1 Å². The zero-order valence-electron chi connectivity index (χ0n) is 21.8. The molecule has 1 aromatic heterocycles. The molecule has 2 aromatic rings. The highest BCUT2D eigenvalue weighted by Gasteiger charge is 2.40. The van der Waals surface area contributed by atoms with Crippen LogP contribution in [0.3, 0.4) is 0 Å². The minimum atomic E-state index is -1.03. The Morgan fingerprint density at radius 2 is 2.08 bits per heavy atom. The van der Waals surface area contributed by atoms with Gasteiger partial charge in [-0.2, -0.15) is 5.10 Å². The SMILES string of the molecule is CCCC(C)NC1(Cc2ccc(C(=O)N3CCN(CCO)CC3)cc2OC)N=CNc2cn[nH]c(=O)c21. The normalized spacial score (nSPS) is 20.3. The van der Waals surface area contributed by atoms with Crippen molar-refractivity contribution in [2.45, 2.75) is 44.8 Å². The summed E-state index contributed by atoms with van der Waals surface area (Å²) in [5, 5.41) is 22.3. The van der Waals surface area contributed by atoms with Crippen molar-refractivity contribution in [2.24, 2.45) is 4.99 Å². The second kappa shape index (κ2) is 11.8. The number of anilines is 1. The number of benzene rings is 1. The maximum atomic E-state index is 13.2. The summed E-state index contributed by atoms with van der Waals surface area (Å²) in [6.45, 7) is 7.64. The number of aliphatic imine (C=N–C) groups is 1. The maximum absolute atomic E-state index is 13.2. The summed E-state index contributed by atoms with van der Waals surface area (Å²) in [7, 11) is 1.58. The van der Waals surface area contributed by atoms with Crippen molar-refractivity contribution >= 4 is 17.9 Å². The van der Waals surface area contributed by atoms with E-state index in [9.17, 15) is 9.59 Å². The number of carbonyl (C=O) groups is 1. The minimum Gasteiger partial charge on any atom is -0.496 e. The Hall–Kier alpha value is -3.28. The van der Waals surface area contributed by atoms with Gasteiger partial charge in [-0.25, -0.2) is 10.1 Å². The summed E-state index contributed by atoms with van der Waals surface area (Å²) in [4.78, 5) is 34.9. The van der Waals surface area contributed by atoms with Crippen LogP contribution in [0.1, 0.15) is 48.2 Å². The first kappa shape index (κ1) is 26.8. The molecule has 4 rings (SSSR count). The molecule has 0 radical (unpaired) electrons. The van der Waals surface area contributed by atoms with Crippen LogP contribution in [-0.4, -0.2) is 89.8 Å². The number of aromatic nitrogens is 2. The van der Waals surface area contributed by atoms with Crippen LogP contribution in [-0.2, 0) is 12.1 Å². The number of ether oxygens (including phenoxy) is 1. The van der Waals surface area contributed by atoms with Crippen LogP contribution in [0.4, 0.5) is 5.69 Å².